The van der Waals surface area contributed by atoms with Gasteiger partial charge in [0.05, 0.1) is 13.9 Å². The van der Waals surface area contributed by atoms with Gasteiger partial charge in [-0.25, -0.2) is 9.97 Å². The molecule has 1 aliphatic heterocycles. The van der Waals surface area contributed by atoms with Crippen LogP contribution in [0.25, 0.3) is 5.82 Å². The van der Waals surface area contributed by atoms with Crippen LogP contribution in [-0.4, -0.2) is 32.9 Å². The smallest absolute Gasteiger partial charge is 0.399 e. The molecular weight excluding hydrogens is 253 g/mol. The van der Waals surface area contributed by atoms with Crippen molar-refractivity contribution >= 4 is 12.6 Å². The molecule has 20 heavy (non-hydrogen) atoms. The van der Waals surface area contributed by atoms with Crippen molar-refractivity contribution in [2.24, 2.45) is 0 Å². The highest BCUT2D eigenvalue weighted by molar-refractivity contribution is 6.62. The molecule has 0 aliphatic carbocycles. The molecule has 0 aromatic carbocycles. The fraction of sp³-hybridized carbons (Fsp3) is 0.429. The van der Waals surface area contributed by atoms with Crippen molar-refractivity contribution in [3.8, 4) is 5.82 Å². The number of nitrogens with zero attached hydrogens (tertiary/aromatic N) is 3. The van der Waals surface area contributed by atoms with Crippen molar-refractivity contribution in [2.75, 3.05) is 0 Å². The standard InChI is InChI=1S/C14H18BN3O2/c1-13(2)14(3,4)20-15(19-13)11-5-6-17-12(9-11)18-8-7-16-10-18/h5-10H,1-4H3/i7D,8D,10D. The fourth-order valence-corrected chi connectivity index (χ4v) is 1.97. The first-order valence-electron chi connectivity index (χ1n) is 7.97. The normalized spacial score (nSPS) is 22.4. The summed E-state index contributed by atoms with van der Waals surface area (Å²) >= 11 is 0. The Morgan fingerprint density at radius 1 is 1.25 bits per heavy atom. The summed E-state index contributed by atoms with van der Waals surface area (Å²) in [7, 11) is -0.552. The van der Waals surface area contributed by atoms with E-state index in [0.717, 1.165) is 5.46 Å². The number of hydrogen-bond donors (Lipinski definition) is 0. The van der Waals surface area contributed by atoms with Crippen molar-refractivity contribution in [3.05, 3.63) is 37.0 Å². The van der Waals surface area contributed by atoms with E-state index >= 15 is 0 Å². The molecule has 2 aromatic rings. The summed E-state index contributed by atoms with van der Waals surface area (Å²) in [4.78, 5) is 7.84. The zero-order valence-electron chi connectivity index (χ0n) is 15.0. The number of hydrogen-bond acceptors (Lipinski definition) is 4. The van der Waals surface area contributed by atoms with E-state index < -0.39 is 18.3 Å². The Hall–Kier alpha value is -1.66. The second-order valence-corrected chi connectivity index (χ2v) is 5.81. The van der Waals surface area contributed by atoms with Crippen molar-refractivity contribution in [3.63, 3.8) is 0 Å². The van der Waals surface area contributed by atoms with Gasteiger partial charge in [0.25, 0.3) is 0 Å². The van der Waals surface area contributed by atoms with Gasteiger partial charge in [-0.1, -0.05) is 0 Å². The molecule has 6 heteroatoms. The summed E-state index contributed by atoms with van der Waals surface area (Å²) in [5.41, 5.74) is -0.162. The topological polar surface area (TPSA) is 49.2 Å². The fourth-order valence-electron chi connectivity index (χ4n) is 1.97. The molecule has 3 rings (SSSR count). The number of rotatable bonds is 2. The quantitative estimate of drug-likeness (QED) is 0.780. The van der Waals surface area contributed by atoms with Crippen LogP contribution >= 0.6 is 0 Å². The first-order chi connectivity index (χ1) is 10.6. The van der Waals surface area contributed by atoms with Gasteiger partial charge in [0.2, 0.25) is 0 Å². The average molecular weight is 274 g/mol. The Labute approximate surface area is 123 Å². The molecule has 2 aromatic heterocycles. The number of imidazole rings is 1. The molecule has 1 saturated heterocycles. The first kappa shape index (κ1) is 10.1. The van der Waals surface area contributed by atoms with Crippen LogP contribution in [0.1, 0.15) is 31.8 Å². The zero-order chi connectivity index (χ0) is 17.0. The molecule has 0 saturated carbocycles. The average Bonchev–Trinajstić information content (AvgIpc) is 2.83. The van der Waals surface area contributed by atoms with E-state index in [1.54, 1.807) is 18.3 Å². The second-order valence-electron chi connectivity index (χ2n) is 5.81. The van der Waals surface area contributed by atoms with Crippen LogP contribution in [0.15, 0.2) is 37.0 Å². The lowest BCUT2D eigenvalue weighted by atomic mass is 9.80. The van der Waals surface area contributed by atoms with Gasteiger partial charge in [-0.05, 0) is 45.3 Å². The Balaban J connectivity index is 1.99. The molecule has 104 valence electrons. The van der Waals surface area contributed by atoms with Crippen LogP contribution in [0.4, 0.5) is 0 Å². The number of pyridine rings is 1. The first-order valence-corrected chi connectivity index (χ1v) is 6.47. The lowest BCUT2D eigenvalue weighted by Gasteiger charge is -2.32. The molecule has 0 atom stereocenters. The number of aromatic nitrogens is 3. The van der Waals surface area contributed by atoms with Gasteiger partial charge in [-0.15, -0.1) is 0 Å². The molecule has 0 unspecified atom stereocenters. The predicted molar refractivity (Wildman–Crippen MR) is 77.1 cm³/mol. The highest BCUT2D eigenvalue weighted by Gasteiger charge is 2.51. The Kier molecular flexibility index (Phi) is 2.24. The highest BCUT2D eigenvalue weighted by Crippen LogP contribution is 2.36. The van der Waals surface area contributed by atoms with Gasteiger partial charge >= 0.3 is 7.12 Å². The van der Waals surface area contributed by atoms with E-state index in [0.29, 0.717) is 5.82 Å². The van der Waals surface area contributed by atoms with Crippen LogP contribution in [0.5, 0.6) is 0 Å². The second kappa shape index (κ2) is 4.43. The van der Waals surface area contributed by atoms with Crippen LogP contribution in [0.2, 0.25) is 0 Å². The summed E-state index contributed by atoms with van der Waals surface area (Å²) in [6.07, 6.45) is 0.947. The molecule has 0 radical (unpaired) electrons. The van der Waals surface area contributed by atoms with Crippen LogP contribution in [0, 0.1) is 0 Å². The zero-order valence-corrected chi connectivity index (χ0v) is 12.0. The maximum Gasteiger partial charge on any atom is 0.495 e. The maximum absolute atomic E-state index is 7.85. The molecular formula is C14H18BN3O2. The molecule has 0 N–H and O–H groups in total. The van der Waals surface area contributed by atoms with Crippen molar-refractivity contribution in [1.82, 2.24) is 14.5 Å². The molecule has 0 bridgehead atoms. The lowest BCUT2D eigenvalue weighted by Crippen LogP contribution is -2.41. The highest BCUT2D eigenvalue weighted by atomic mass is 16.7. The molecule has 1 aliphatic rings. The van der Waals surface area contributed by atoms with Crippen molar-refractivity contribution < 1.29 is 13.4 Å². The molecule has 1 fully saturated rings. The molecule has 0 spiro atoms. The minimum absolute atomic E-state index is 0.173. The van der Waals surface area contributed by atoms with E-state index in [1.165, 1.54) is 4.57 Å². The third-order valence-corrected chi connectivity index (χ3v) is 3.89. The Morgan fingerprint density at radius 3 is 2.55 bits per heavy atom. The summed E-state index contributed by atoms with van der Waals surface area (Å²) in [5.74, 6) is 0.346. The van der Waals surface area contributed by atoms with Gasteiger partial charge in [0.1, 0.15) is 13.5 Å². The van der Waals surface area contributed by atoms with Gasteiger partial charge in [0, 0.05) is 18.5 Å². The predicted octanol–water partition coefficient (Wildman–Crippen LogP) is 1.57. The van der Waals surface area contributed by atoms with Crippen LogP contribution in [0.3, 0.4) is 0 Å². The third-order valence-electron chi connectivity index (χ3n) is 3.89. The molecule has 5 nitrogen and oxygen atoms in total. The van der Waals surface area contributed by atoms with E-state index in [9.17, 15) is 0 Å². The van der Waals surface area contributed by atoms with E-state index in [1.807, 2.05) is 27.7 Å². The minimum Gasteiger partial charge on any atom is -0.399 e. The van der Waals surface area contributed by atoms with E-state index in [-0.39, 0.29) is 18.6 Å². The maximum atomic E-state index is 7.85. The van der Waals surface area contributed by atoms with Gasteiger partial charge in [-0.2, -0.15) is 0 Å². The van der Waals surface area contributed by atoms with Crippen molar-refractivity contribution in [1.29, 1.82) is 0 Å². The van der Waals surface area contributed by atoms with Crippen LogP contribution in [-0.2, 0) is 9.31 Å². The van der Waals surface area contributed by atoms with E-state index in [2.05, 4.69) is 9.97 Å². The van der Waals surface area contributed by atoms with E-state index in [4.69, 9.17) is 13.4 Å². The summed E-state index contributed by atoms with van der Waals surface area (Å²) < 4.78 is 36.4. The van der Waals surface area contributed by atoms with Gasteiger partial charge in [-0.3, -0.25) is 4.57 Å². The summed E-state index contributed by atoms with van der Waals surface area (Å²) in [6, 6.07) is 3.47. The molecule has 0 amide bonds. The monoisotopic (exact) mass is 274 g/mol. The van der Waals surface area contributed by atoms with Crippen LogP contribution < -0.4 is 5.46 Å². The molecule has 3 heterocycles. The largest absolute Gasteiger partial charge is 0.495 e. The Morgan fingerprint density at radius 2 is 1.95 bits per heavy atom. The summed E-state index contributed by atoms with van der Waals surface area (Å²) in [6.45, 7) is 7.89. The lowest BCUT2D eigenvalue weighted by molar-refractivity contribution is 0.00578. The van der Waals surface area contributed by atoms with Gasteiger partial charge < -0.3 is 9.31 Å². The third kappa shape index (κ3) is 2.15. The minimum atomic E-state index is -0.552. The Bertz CT molecular complexity index is 748. The SMILES string of the molecule is [2H]c1nc([2H])n(-c2cc(B3OC(C)(C)C(C)(C)O3)ccn2)c1[2H]. The van der Waals surface area contributed by atoms with Gasteiger partial charge in [0.15, 0.2) is 0 Å². The van der Waals surface area contributed by atoms with Crippen molar-refractivity contribution in [2.45, 2.75) is 38.9 Å². The summed E-state index contributed by atoms with van der Waals surface area (Å²) in [5, 5.41) is 0.